The molecule has 2 atom stereocenters. The summed E-state index contributed by atoms with van der Waals surface area (Å²) >= 11 is 0. The quantitative estimate of drug-likeness (QED) is 0.891. The highest BCUT2D eigenvalue weighted by molar-refractivity contribution is 5.83. The number of hydrogen-bond acceptors (Lipinski definition) is 3. The third-order valence-corrected chi connectivity index (χ3v) is 4.50. The number of ether oxygens (including phenoxy) is 1. The largest absolute Gasteiger partial charge is 0.480 e. The number of amides is 1. The number of fused-ring (bicyclic) bond motifs is 1. The van der Waals surface area contributed by atoms with Gasteiger partial charge in [-0.05, 0) is 49.4 Å². The maximum atomic E-state index is 12.5. The molecule has 0 unspecified atom stereocenters. The molecule has 20 heavy (non-hydrogen) atoms. The third kappa shape index (κ3) is 2.18. The van der Waals surface area contributed by atoms with Crippen molar-refractivity contribution in [1.82, 2.24) is 4.90 Å². The monoisotopic (exact) mass is 275 g/mol. The van der Waals surface area contributed by atoms with Crippen molar-refractivity contribution in [2.24, 2.45) is 0 Å². The van der Waals surface area contributed by atoms with Crippen molar-refractivity contribution >= 4 is 5.91 Å². The molecule has 108 valence electrons. The first kappa shape index (κ1) is 13.4. The van der Waals surface area contributed by atoms with E-state index in [1.54, 1.807) is 4.90 Å². The van der Waals surface area contributed by atoms with Crippen molar-refractivity contribution in [2.75, 3.05) is 13.2 Å². The molecule has 1 aromatic carbocycles. The lowest BCUT2D eigenvalue weighted by molar-refractivity contribution is -0.139. The van der Waals surface area contributed by atoms with Crippen LogP contribution in [-0.2, 0) is 11.2 Å². The smallest absolute Gasteiger partial charge is 0.264 e. The van der Waals surface area contributed by atoms with Crippen LogP contribution in [0, 0.1) is 13.8 Å². The van der Waals surface area contributed by atoms with E-state index in [1.807, 2.05) is 6.07 Å². The number of aliphatic hydroxyl groups is 1. The molecule has 0 radical (unpaired) electrons. The number of carbonyl (C=O) groups excluding carboxylic acids is 1. The fourth-order valence-corrected chi connectivity index (χ4v) is 3.15. The van der Waals surface area contributed by atoms with Gasteiger partial charge in [0.15, 0.2) is 6.10 Å². The normalized spacial score (nSPS) is 24.6. The summed E-state index contributed by atoms with van der Waals surface area (Å²) in [6.45, 7) is 4.91. The lowest BCUT2D eigenvalue weighted by Crippen LogP contribution is -2.45. The van der Waals surface area contributed by atoms with Crippen molar-refractivity contribution < 1.29 is 14.6 Å². The molecule has 2 aliphatic heterocycles. The number of hydrogen-bond donors (Lipinski definition) is 1. The number of rotatable bonds is 2. The van der Waals surface area contributed by atoms with Gasteiger partial charge < -0.3 is 14.7 Å². The Bertz CT molecular complexity index is 510. The summed E-state index contributed by atoms with van der Waals surface area (Å²) in [7, 11) is 0. The second kappa shape index (κ2) is 5.09. The lowest BCUT2D eigenvalue weighted by atomic mass is 10.0. The molecule has 1 amide bonds. The van der Waals surface area contributed by atoms with Crippen LogP contribution >= 0.6 is 0 Å². The Labute approximate surface area is 119 Å². The highest BCUT2D eigenvalue weighted by atomic mass is 16.5. The maximum absolute atomic E-state index is 12.5. The Kier molecular flexibility index (Phi) is 3.42. The molecule has 0 saturated carbocycles. The molecule has 0 spiro atoms. The SMILES string of the molecule is Cc1cc2c(cc1C)O[C@H](C(=O)N1CCC[C@@H]1CO)C2. The summed E-state index contributed by atoms with van der Waals surface area (Å²) in [5.74, 6) is 0.860. The van der Waals surface area contributed by atoms with Crippen molar-refractivity contribution in [3.05, 3.63) is 28.8 Å². The highest BCUT2D eigenvalue weighted by Crippen LogP contribution is 2.33. The summed E-state index contributed by atoms with van der Waals surface area (Å²) < 4.78 is 5.84. The van der Waals surface area contributed by atoms with E-state index in [9.17, 15) is 9.90 Å². The molecule has 0 aliphatic carbocycles. The van der Waals surface area contributed by atoms with Crippen LogP contribution in [0.4, 0.5) is 0 Å². The molecule has 1 N–H and O–H groups in total. The number of aryl methyl sites for hydroxylation is 2. The molecule has 1 fully saturated rings. The van der Waals surface area contributed by atoms with Gasteiger partial charge in [0.25, 0.3) is 5.91 Å². The van der Waals surface area contributed by atoms with Crippen LogP contribution in [0.1, 0.15) is 29.5 Å². The van der Waals surface area contributed by atoms with Crippen molar-refractivity contribution in [3.8, 4) is 5.75 Å². The first-order valence-electron chi connectivity index (χ1n) is 7.28. The van der Waals surface area contributed by atoms with Crippen LogP contribution in [0.2, 0.25) is 0 Å². The van der Waals surface area contributed by atoms with E-state index in [4.69, 9.17) is 4.74 Å². The Morgan fingerprint density at radius 2 is 2.15 bits per heavy atom. The van der Waals surface area contributed by atoms with Gasteiger partial charge in [0.1, 0.15) is 5.75 Å². The van der Waals surface area contributed by atoms with Gasteiger partial charge in [0.05, 0.1) is 12.6 Å². The zero-order valence-electron chi connectivity index (χ0n) is 12.1. The second-order valence-electron chi connectivity index (χ2n) is 5.87. The maximum Gasteiger partial charge on any atom is 0.264 e. The molecule has 2 aliphatic rings. The second-order valence-corrected chi connectivity index (χ2v) is 5.87. The summed E-state index contributed by atoms with van der Waals surface area (Å²) in [6, 6.07) is 4.11. The number of nitrogens with zero attached hydrogens (tertiary/aromatic N) is 1. The molecule has 2 heterocycles. The highest BCUT2D eigenvalue weighted by Gasteiger charge is 2.37. The van der Waals surface area contributed by atoms with Gasteiger partial charge in [-0.1, -0.05) is 6.07 Å². The summed E-state index contributed by atoms with van der Waals surface area (Å²) in [5.41, 5.74) is 3.53. The summed E-state index contributed by atoms with van der Waals surface area (Å²) in [4.78, 5) is 14.3. The average molecular weight is 275 g/mol. The Morgan fingerprint density at radius 3 is 2.90 bits per heavy atom. The average Bonchev–Trinajstić information content (AvgIpc) is 3.04. The molecule has 1 saturated heterocycles. The predicted molar refractivity (Wildman–Crippen MR) is 75.9 cm³/mol. The zero-order valence-corrected chi connectivity index (χ0v) is 12.1. The van der Waals surface area contributed by atoms with Crippen LogP contribution in [0.25, 0.3) is 0 Å². The predicted octanol–water partition coefficient (Wildman–Crippen LogP) is 1.59. The van der Waals surface area contributed by atoms with Gasteiger partial charge in [0.2, 0.25) is 0 Å². The van der Waals surface area contributed by atoms with Gasteiger partial charge in [0, 0.05) is 13.0 Å². The van der Waals surface area contributed by atoms with Gasteiger partial charge in [-0.25, -0.2) is 0 Å². The topological polar surface area (TPSA) is 49.8 Å². The van der Waals surface area contributed by atoms with Crippen LogP contribution in [0.5, 0.6) is 5.75 Å². The minimum absolute atomic E-state index is 0.0213. The van der Waals surface area contributed by atoms with E-state index >= 15 is 0 Å². The van der Waals surface area contributed by atoms with Crippen LogP contribution < -0.4 is 4.74 Å². The fourth-order valence-electron chi connectivity index (χ4n) is 3.15. The Hall–Kier alpha value is -1.55. The Morgan fingerprint density at radius 1 is 1.40 bits per heavy atom. The van der Waals surface area contributed by atoms with E-state index in [2.05, 4.69) is 19.9 Å². The lowest BCUT2D eigenvalue weighted by Gasteiger charge is -2.25. The van der Waals surface area contributed by atoms with Crippen LogP contribution in [0.15, 0.2) is 12.1 Å². The minimum Gasteiger partial charge on any atom is -0.480 e. The summed E-state index contributed by atoms with van der Waals surface area (Å²) in [6.07, 6.45) is 2.08. The van der Waals surface area contributed by atoms with Crippen molar-refractivity contribution in [1.29, 1.82) is 0 Å². The molecule has 0 aromatic heterocycles. The van der Waals surface area contributed by atoms with E-state index in [-0.39, 0.29) is 18.6 Å². The minimum atomic E-state index is -0.418. The zero-order chi connectivity index (χ0) is 14.3. The van der Waals surface area contributed by atoms with Crippen LogP contribution in [0.3, 0.4) is 0 Å². The number of carbonyl (C=O) groups is 1. The number of likely N-dealkylation sites (tertiary alicyclic amines) is 1. The number of benzene rings is 1. The summed E-state index contributed by atoms with van der Waals surface area (Å²) in [5, 5.41) is 9.34. The van der Waals surface area contributed by atoms with E-state index in [0.717, 1.165) is 30.7 Å². The van der Waals surface area contributed by atoms with Gasteiger partial charge in [-0.3, -0.25) is 4.79 Å². The van der Waals surface area contributed by atoms with Gasteiger partial charge in [-0.2, -0.15) is 0 Å². The van der Waals surface area contributed by atoms with Crippen LogP contribution in [-0.4, -0.2) is 41.2 Å². The molecular formula is C16H21NO3. The molecule has 4 heteroatoms. The van der Waals surface area contributed by atoms with E-state index in [1.165, 1.54) is 11.1 Å². The molecular weight excluding hydrogens is 254 g/mol. The Balaban J connectivity index is 1.76. The third-order valence-electron chi connectivity index (χ3n) is 4.50. The fraction of sp³-hybridized carbons (Fsp3) is 0.562. The van der Waals surface area contributed by atoms with Gasteiger partial charge in [-0.15, -0.1) is 0 Å². The van der Waals surface area contributed by atoms with Gasteiger partial charge >= 0.3 is 0 Å². The van der Waals surface area contributed by atoms with E-state index < -0.39 is 6.10 Å². The number of aliphatic hydroxyl groups excluding tert-OH is 1. The molecule has 0 bridgehead atoms. The first-order chi connectivity index (χ1) is 9.60. The van der Waals surface area contributed by atoms with Crippen molar-refractivity contribution in [2.45, 2.75) is 45.3 Å². The standard InChI is InChI=1S/C16H21NO3/c1-10-6-12-8-15(20-14(12)7-11(10)2)16(19)17-5-3-4-13(17)9-18/h6-7,13,15,18H,3-5,8-9H2,1-2H3/t13-,15+/m1/s1. The van der Waals surface area contributed by atoms with Crippen molar-refractivity contribution in [3.63, 3.8) is 0 Å². The molecule has 4 nitrogen and oxygen atoms in total. The van der Waals surface area contributed by atoms with E-state index in [0.29, 0.717) is 6.42 Å². The molecule has 1 aromatic rings. The first-order valence-corrected chi connectivity index (χ1v) is 7.28. The molecule has 3 rings (SSSR count).